The second kappa shape index (κ2) is 9.74. The predicted molar refractivity (Wildman–Crippen MR) is 122 cm³/mol. The number of rotatable bonds is 8. The summed E-state index contributed by atoms with van der Waals surface area (Å²) in [5.74, 6) is -0.00241. The first-order chi connectivity index (χ1) is 15.6. The monoisotopic (exact) mass is 428 g/mol. The van der Waals surface area contributed by atoms with Crippen molar-refractivity contribution in [3.8, 4) is 0 Å². The Hall–Kier alpha value is -4.20. The minimum Gasteiger partial charge on any atom is -0.321 e. The molecule has 0 bridgehead atoms. The number of anilines is 2. The highest BCUT2D eigenvalue weighted by molar-refractivity contribution is 6.04. The van der Waals surface area contributed by atoms with Crippen molar-refractivity contribution in [2.75, 3.05) is 10.6 Å². The standard InChI is InChI=1S/C24H24N6O2/c1-29-22(27-23(31)12-11-18-7-3-2-4-8-18)16-21(28-29)24(32)26-20-10-5-9-19(15-20)17-30-14-6-13-25-30/h2-10,13-16H,11-12,17H2,1H3,(H,26,32)(H,27,31). The number of amides is 2. The Morgan fingerprint density at radius 1 is 0.938 bits per heavy atom. The Morgan fingerprint density at radius 3 is 2.53 bits per heavy atom. The van der Waals surface area contributed by atoms with Crippen LogP contribution in [0.15, 0.2) is 79.1 Å². The molecule has 0 aliphatic carbocycles. The SMILES string of the molecule is Cn1nc(C(=O)Nc2cccc(Cn3cccn3)c2)cc1NC(=O)CCc1ccccc1. The number of aryl methyl sites for hydroxylation is 2. The second-order valence-electron chi connectivity index (χ2n) is 7.43. The number of benzene rings is 2. The van der Waals surface area contributed by atoms with Crippen LogP contribution in [0.2, 0.25) is 0 Å². The Bertz CT molecular complexity index is 1200. The lowest BCUT2D eigenvalue weighted by molar-refractivity contribution is -0.116. The van der Waals surface area contributed by atoms with E-state index in [0.29, 0.717) is 30.9 Å². The van der Waals surface area contributed by atoms with Gasteiger partial charge in [0.05, 0.1) is 6.54 Å². The second-order valence-corrected chi connectivity index (χ2v) is 7.43. The van der Waals surface area contributed by atoms with Gasteiger partial charge in [0, 0.05) is 37.6 Å². The van der Waals surface area contributed by atoms with Crippen molar-refractivity contribution < 1.29 is 9.59 Å². The van der Waals surface area contributed by atoms with Crippen LogP contribution in [0.1, 0.15) is 28.0 Å². The molecule has 32 heavy (non-hydrogen) atoms. The maximum absolute atomic E-state index is 12.7. The topological polar surface area (TPSA) is 93.8 Å². The van der Waals surface area contributed by atoms with Gasteiger partial charge in [-0.05, 0) is 35.7 Å². The molecule has 0 saturated heterocycles. The molecule has 2 heterocycles. The van der Waals surface area contributed by atoms with Gasteiger partial charge in [-0.25, -0.2) is 0 Å². The fourth-order valence-corrected chi connectivity index (χ4v) is 3.33. The maximum Gasteiger partial charge on any atom is 0.276 e. The molecule has 0 radical (unpaired) electrons. The van der Waals surface area contributed by atoms with Crippen LogP contribution in [0.5, 0.6) is 0 Å². The summed E-state index contributed by atoms with van der Waals surface area (Å²) in [7, 11) is 1.69. The molecule has 8 heteroatoms. The molecule has 2 aromatic heterocycles. The van der Waals surface area contributed by atoms with E-state index >= 15 is 0 Å². The molecule has 0 aliphatic rings. The smallest absolute Gasteiger partial charge is 0.276 e. The van der Waals surface area contributed by atoms with Crippen molar-refractivity contribution in [3.63, 3.8) is 0 Å². The molecule has 0 spiro atoms. The number of carbonyl (C=O) groups excluding carboxylic acids is 2. The Morgan fingerprint density at radius 2 is 1.75 bits per heavy atom. The van der Waals surface area contributed by atoms with Gasteiger partial charge in [0.25, 0.3) is 5.91 Å². The summed E-state index contributed by atoms with van der Waals surface area (Å²) in [5, 5.41) is 14.1. The van der Waals surface area contributed by atoms with Crippen LogP contribution in [-0.2, 0) is 24.8 Å². The van der Waals surface area contributed by atoms with E-state index in [1.54, 1.807) is 19.3 Å². The normalized spacial score (nSPS) is 10.7. The van der Waals surface area contributed by atoms with Gasteiger partial charge in [0.1, 0.15) is 5.82 Å². The molecule has 0 atom stereocenters. The number of aromatic nitrogens is 4. The van der Waals surface area contributed by atoms with Crippen molar-refractivity contribution in [1.29, 1.82) is 0 Å². The minimum atomic E-state index is -0.346. The highest BCUT2D eigenvalue weighted by Gasteiger charge is 2.15. The molecule has 2 amide bonds. The van der Waals surface area contributed by atoms with Crippen molar-refractivity contribution in [1.82, 2.24) is 19.6 Å². The first-order valence-electron chi connectivity index (χ1n) is 10.3. The third kappa shape index (κ3) is 5.48. The zero-order valence-electron chi connectivity index (χ0n) is 17.7. The summed E-state index contributed by atoms with van der Waals surface area (Å²) < 4.78 is 3.30. The van der Waals surface area contributed by atoms with E-state index in [-0.39, 0.29) is 17.5 Å². The summed E-state index contributed by atoms with van der Waals surface area (Å²) in [6.07, 6.45) is 4.60. The first-order valence-corrected chi connectivity index (χ1v) is 10.3. The average molecular weight is 428 g/mol. The summed E-state index contributed by atoms with van der Waals surface area (Å²) >= 11 is 0. The van der Waals surface area contributed by atoms with Crippen LogP contribution in [0.4, 0.5) is 11.5 Å². The minimum absolute atomic E-state index is 0.130. The van der Waals surface area contributed by atoms with Crippen molar-refractivity contribution in [2.24, 2.45) is 7.05 Å². The van der Waals surface area contributed by atoms with E-state index in [2.05, 4.69) is 20.8 Å². The zero-order valence-corrected chi connectivity index (χ0v) is 17.7. The quantitative estimate of drug-likeness (QED) is 0.449. The number of nitrogens with zero attached hydrogens (tertiary/aromatic N) is 4. The Labute approximate surface area is 185 Å². The van der Waals surface area contributed by atoms with Gasteiger partial charge in [0.2, 0.25) is 5.91 Å². The van der Waals surface area contributed by atoms with Gasteiger partial charge in [0.15, 0.2) is 5.69 Å². The van der Waals surface area contributed by atoms with Gasteiger partial charge < -0.3 is 10.6 Å². The van der Waals surface area contributed by atoms with E-state index in [1.165, 1.54) is 4.68 Å². The van der Waals surface area contributed by atoms with Crippen molar-refractivity contribution >= 4 is 23.3 Å². The molecule has 0 saturated carbocycles. The maximum atomic E-state index is 12.7. The zero-order chi connectivity index (χ0) is 22.3. The fourth-order valence-electron chi connectivity index (χ4n) is 3.33. The molecule has 4 aromatic rings. The Balaban J connectivity index is 1.35. The van der Waals surface area contributed by atoms with Gasteiger partial charge >= 0.3 is 0 Å². The van der Waals surface area contributed by atoms with Crippen LogP contribution < -0.4 is 10.6 Å². The van der Waals surface area contributed by atoms with E-state index in [4.69, 9.17) is 0 Å². The largest absolute Gasteiger partial charge is 0.321 e. The van der Waals surface area contributed by atoms with Crippen molar-refractivity contribution in [3.05, 3.63) is 95.9 Å². The molecule has 0 unspecified atom stereocenters. The third-order valence-electron chi connectivity index (χ3n) is 4.95. The molecule has 162 valence electrons. The van der Waals surface area contributed by atoms with Gasteiger partial charge in [-0.3, -0.25) is 19.0 Å². The van der Waals surface area contributed by atoms with E-state index in [9.17, 15) is 9.59 Å². The van der Waals surface area contributed by atoms with Crippen LogP contribution in [0, 0.1) is 0 Å². The highest BCUT2D eigenvalue weighted by atomic mass is 16.2. The highest BCUT2D eigenvalue weighted by Crippen LogP contribution is 2.15. The summed E-state index contributed by atoms with van der Waals surface area (Å²) in [5.41, 5.74) is 3.00. The molecule has 0 aliphatic heterocycles. The number of nitrogens with one attached hydrogen (secondary N) is 2. The lowest BCUT2D eigenvalue weighted by atomic mass is 10.1. The van der Waals surface area contributed by atoms with Crippen LogP contribution in [0.25, 0.3) is 0 Å². The lowest BCUT2D eigenvalue weighted by Crippen LogP contribution is -2.14. The average Bonchev–Trinajstić information content (AvgIpc) is 3.43. The van der Waals surface area contributed by atoms with Crippen LogP contribution in [0.3, 0.4) is 0 Å². The molecule has 0 fully saturated rings. The number of carbonyl (C=O) groups is 2. The lowest BCUT2D eigenvalue weighted by Gasteiger charge is -2.06. The summed E-state index contributed by atoms with van der Waals surface area (Å²) in [4.78, 5) is 25.0. The molecule has 2 N–H and O–H groups in total. The molecule has 8 nitrogen and oxygen atoms in total. The number of hydrogen-bond donors (Lipinski definition) is 2. The van der Waals surface area contributed by atoms with Gasteiger partial charge in [-0.2, -0.15) is 10.2 Å². The Kier molecular flexibility index (Phi) is 6.41. The third-order valence-corrected chi connectivity index (χ3v) is 4.95. The van der Waals surface area contributed by atoms with Crippen molar-refractivity contribution in [2.45, 2.75) is 19.4 Å². The predicted octanol–water partition coefficient (Wildman–Crippen LogP) is 3.49. The summed E-state index contributed by atoms with van der Waals surface area (Å²) in [6, 6.07) is 20.8. The van der Waals surface area contributed by atoms with E-state index in [1.807, 2.05) is 71.5 Å². The van der Waals surface area contributed by atoms with E-state index in [0.717, 1.165) is 11.1 Å². The van der Waals surface area contributed by atoms with Gasteiger partial charge in [-0.1, -0.05) is 42.5 Å². The molecule has 4 rings (SSSR count). The first kappa shape index (κ1) is 21.0. The molecular weight excluding hydrogens is 404 g/mol. The fraction of sp³-hybridized carbons (Fsp3) is 0.167. The van der Waals surface area contributed by atoms with Gasteiger partial charge in [-0.15, -0.1) is 0 Å². The van der Waals surface area contributed by atoms with Crippen LogP contribution >= 0.6 is 0 Å². The number of hydrogen-bond acceptors (Lipinski definition) is 4. The van der Waals surface area contributed by atoms with Crippen LogP contribution in [-0.4, -0.2) is 31.4 Å². The van der Waals surface area contributed by atoms with E-state index < -0.39 is 0 Å². The summed E-state index contributed by atoms with van der Waals surface area (Å²) in [6.45, 7) is 0.611. The molecular formula is C24H24N6O2. The molecule has 2 aromatic carbocycles.